The summed E-state index contributed by atoms with van der Waals surface area (Å²) >= 11 is 1.40. The normalized spacial score (nSPS) is 17.5. The van der Waals surface area contributed by atoms with Crippen LogP contribution in [0.4, 0.5) is 21.5 Å². The lowest BCUT2D eigenvalue weighted by atomic mass is 9.62. The first-order valence-corrected chi connectivity index (χ1v) is 8.34. The van der Waals surface area contributed by atoms with Crippen LogP contribution in [0.3, 0.4) is 0 Å². The maximum atomic E-state index is 12.9. The highest BCUT2D eigenvalue weighted by Gasteiger charge is 2.49. The molecule has 1 aliphatic heterocycles. The molecule has 2 bridgehead atoms. The minimum absolute atomic E-state index is 0.0562. The summed E-state index contributed by atoms with van der Waals surface area (Å²) in [5, 5.41) is 2.93. The van der Waals surface area contributed by atoms with Crippen molar-refractivity contribution < 1.29 is 9.18 Å². The fourth-order valence-electron chi connectivity index (χ4n) is 3.22. The van der Waals surface area contributed by atoms with Gasteiger partial charge in [0.15, 0.2) is 0 Å². The summed E-state index contributed by atoms with van der Waals surface area (Å²) in [6, 6.07) is 10.1. The van der Waals surface area contributed by atoms with E-state index >= 15 is 0 Å². The molecule has 1 spiro atoms. The summed E-state index contributed by atoms with van der Waals surface area (Å²) in [6.45, 7) is 0. The first-order valence-electron chi connectivity index (χ1n) is 7.52. The third kappa shape index (κ3) is 2.25. The summed E-state index contributed by atoms with van der Waals surface area (Å²) < 4.78 is 16.2. The highest BCUT2D eigenvalue weighted by atomic mass is 32.2. The third-order valence-corrected chi connectivity index (χ3v) is 5.53. The second kappa shape index (κ2) is 5.16. The van der Waals surface area contributed by atoms with Crippen LogP contribution in [-0.2, 0) is 10.2 Å². The van der Waals surface area contributed by atoms with Crippen molar-refractivity contribution in [3.05, 3.63) is 47.8 Å². The molecule has 0 aromatic heterocycles. The number of amides is 1. The summed E-state index contributed by atoms with van der Waals surface area (Å²) in [5.74, 6) is -0.198. The monoisotopic (exact) mass is 329 g/mol. The van der Waals surface area contributed by atoms with Crippen molar-refractivity contribution >= 4 is 34.9 Å². The predicted octanol–water partition coefficient (Wildman–Crippen LogP) is 3.90. The molecule has 118 valence electrons. The zero-order chi connectivity index (χ0) is 16.0. The van der Waals surface area contributed by atoms with E-state index in [0.29, 0.717) is 11.4 Å². The molecule has 23 heavy (non-hydrogen) atoms. The number of halogens is 1. The lowest BCUT2D eigenvalue weighted by Crippen LogP contribution is -2.48. The van der Waals surface area contributed by atoms with Gasteiger partial charge in [0.2, 0.25) is 5.91 Å². The Bertz CT molecular complexity index is 787. The zero-order valence-electron chi connectivity index (χ0n) is 12.4. The van der Waals surface area contributed by atoms with Crippen LogP contribution in [0.5, 0.6) is 0 Å². The average Bonchev–Trinajstić information content (AvgIpc) is 2.47. The Morgan fingerprint density at radius 3 is 2.61 bits per heavy atom. The smallest absolute Gasteiger partial charge is 0.235 e. The number of hydrogen-bond donors (Lipinski definition) is 3. The number of nitrogen functional groups attached to an aromatic ring is 1. The largest absolute Gasteiger partial charge is 0.397 e. The molecular formula is C17H16FN3OS. The maximum absolute atomic E-state index is 12.9. The number of nitrogens with two attached hydrogens (primary N) is 1. The molecule has 0 saturated heterocycles. The summed E-state index contributed by atoms with van der Waals surface area (Å²) in [4.78, 5) is 13.3. The van der Waals surface area contributed by atoms with E-state index in [1.807, 2.05) is 12.1 Å². The molecule has 2 aliphatic rings. The van der Waals surface area contributed by atoms with E-state index in [1.165, 1.54) is 24.1 Å². The van der Waals surface area contributed by atoms with Gasteiger partial charge in [-0.15, -0.1) is 0 Å². The highest BCUT2D eigenvalue weighted by Crippen LogP contribution is 2.52. The second-order valence-electron chi connectivity index (χ2n) is 6.03. The third-order valence-electron chi connectivity index (χ3n) is 4.69. The van der Waals surface area contributed by atoms with Crippen molar-refractivity contribution in [1.82, 2.24) is 0 Å². The van der Waals surface area contributed by atoms with Crippen LogP contribution < -0.4 is 15.8 Å². The van der Waals surface area contributed by atoms with E-state index < -0.39 is 5.41 Å². The Balaban J connectivity index is 1.61. The first-order chi connectivity index (χ1) is 11.1. The molecule has 6 heteroatoms. The van der Waals surface area contributed by atoms with Gasteiger partial charge in [0.1, 0.15) is 5.82 Å². The van der Waals surface area contributed by atoms with Crippen LogP contribution >= 0.6 is 11.9 Å². The van der Waals surface area contributed by atoms with Crippen LogP contribution in [0.25, 0.3) is 0 Å². The molecule has 1 heterocycles. The molecule has 1 fully saturated rings. The molecule has 4 rings (SSSR count). The average molecular weight is 329 g/mol. The van der Waals surface area contributed by atoms with E-state index in [2.05, 4.69) is 10.0 Å². The fraction of sp³-hybridized carbons (Fsp3) is 0.235. The molecule has 2 aromatic rings. The van der Waals surface area contributed by atoms with E-state index in [1.54, 1.807) is 12.1 Å². The summed E-state index contributed by atoms with van der Waals surface area (Å²) in [6.07, 6.45) is 2.73. The van der Waals surface area contributed by atoms with E-state index in [4.69, 9.17) is 5.73 Å². The summed E-state index contributed by atoms with van der Waals surface area (Å²) in [7, 11) is 0. The molecule has 2 aromatic carbocycles. The molecule has 0 unspecified atom stereocenters. The van der Waals surface area contributed by atoms with Gasteiger partial charge in [0.05, 0.1) is 16.8 Å². The van der Waals surface area contributed by atoms with Crippen LogP contribution in [0.15, 0.2) is 41.3 Å². The van der Waals surface area contributed by atoms with Gasteiger partial charge in [0.25, 0.3) is 0 Å². The van der Waals surface area contributed by atoms with Crippen molar-refractivity contribution in [3.63, 3.8) is 0 Å². The second-order valence-corrected chi connectivity index (χ2v) is 6.91. The van der Waals surface area contributed by atoms with Crippen LogP contribution in [0.2, 0.25) is 0 Å². The van der Waals surface area contributed by atoms with Crippen molar-refractivity contribution in [2.45, 2.75) is 29.6 Å². The molecule has 0 radical (unpaired) electrons. The Hall–Kier alpha value is -2.21. The number of carbonyl (C=O) groups excluding carboxylic acids is 1. The first kappa shape index (κ1) is 14.4. The van der Waals surface area contributed by atoms with Gasteiger partial charge in [0, 0.05) is 10.6 Å². The molecule has 1 aliphatic carbocycles. The van der Waals surface area contributed by atoms with E-state index in [-0.39, 0.29) is 11.7 Å². The molecule has 4 nitrogen and oxygen atoms in total. The van der Waals surface area contributed by atoms with Crippen molar-refractivity contribution in [1.29, 1.82) is 0 Å². The van der Waals surface area contributed by atoms with Gasteiger partial charge in [-0.3, -0.25) is 4.79 Å². The minimum atomic E-state index is -0.449. The van der Waals surface area contributed by atoms with Crippen LogP contribution in [-0.4, -0.2) is 5.91 Å². The van der Waals surface area contributed by atoms with Crippen LogP contribution in [0.1, 0.15) is 24.8 Å². The van der Waals surface area contributed by atoms with E-state index in [9.17, 15) is 9.18 Å². The number of nitrogens with one attached hydrogen (secondary N) is 2. The topological polar surface area (TPSA) is 67.1 Å². The van der Waals surface area contributed by atoms with Gasteiger partial charge >= 0.3 is 0 Å². The fourth-order valence-corrected chi connectivity index (χ4v) is 3.85. The minimum Gasteiger partial charge on any atom is -0.397 e. The van der Waals surface area contributed by atoms with Gasteiger partial charge in [-0.1, -0.05) is 6.42 Å². The Labute approximate surface area is 137 Å². The van der Waals surface area contributed by atoms with Crippen molar-refractivity contribution in [2.75, 3.05) is 15.8 Å². The quantitative estimate of drug-likeness (QED) is 0.590. The molecule has 1 saturated carbocycles. The number of benzene rings is 2. The van der Waals surface area contributed by atoms with Gasteiger partial charge in [-0.05, 0) is 66.8 Å². The number of rotatable bonds is 3. The van der Waals surface area contributed by atoms with Gasteiger partial charge in [-0.25, -0.2) is 4.39 Å². The van der Waals surface area contributed by atoms with Gasteiger partial charge in [-0.2, -0.15) is 0 Å². The highest BCUT2D eigenvalue weighted by molar-refractivity contribution is 8.00. The Morgan fingerprint density at radius 2 is 1.96 bits per heavy atom. The predicted molar refractivity (Wildman–Crippen MR) is 90.9 cm³/mol. The standard InChI is InChI=1S/C17H16FN3OS/c18-10-2-4-12(5-3-10)23-21-11-8-13-15(19)14(9-11)20-16(22)17(13)6-1-7-17/h2-5,8-9,21H,1,6-7,19H2,(H,20,22). The molecule has 4 N–H and O–H groups in total. The zero-order valence-corrected chi connectivity index (χ0v) is 13.2. The SMILES string of the molecule is Nc1c2cc(NSc3ccc(F)cc3)cc1C1(CCC1)C(=O)N2. The van der Waals surface area contributed by atoms with Crippen molar-refractivity contribution in [3.8, 4) is 0 Å². The number of hydrogen-bond acceptors (Lipinski definition) is 4. The maximum Gasteiger partial charge on any atom is 0.235 e. The lowest BCUT2D eigenvalue weighted by molar-refractivity contribution is -0.124. The molecule has 0 atom stereocenters. The Morgan fingerprint density at radius 1 is 1.22 bits per heavy atom. The molecule has 1 amide bonds. The Kier molecular flexibility index (Phi) is 3.23. The van der Waals surface area contributed by atoms with Crippen LogP contribution in [0, 0.1) is 5.82 Å². The van der Waals surface area contributed by atoms with Gasteiger partial charge < -0.3 is 15.8 Å². The van der Waals surface area contributed by atoms with E-state index in [0.717, 1.165) is 35.4 Å². The summed E-state index contributed by atoms with van der Waals surface area (Å²) in [5.41, 5.74) is 8.87. The van der Waals surface area contributed by atoms with Crippen molar-refractivity contribution in [2.24, 2.45) is 0 Å². The molecular weight excluding hydrogens is 313 g/mol. The number of anilines is 3. The number of carbonyl (C=O) groups is 1. The number of fused-ring (bicyclic) bond motifs is 3. The lowest BCUT2D eigenvalue weighted by Gasteiger charge is -2.44.